The number of aromatic amines is 1. The number of aryl methyl sites for hydroxylation is 1. The van der Waals surface area contributed by atoms with Crippen LogP contribution in [0, 0.1) is 0 Å². The summed E-state index contributed by atoms with van der Waals surface area (Å²) in [5.41, 5.74) is -0.279. The largest absolute Gasteiger partial charge is 1.00 e. The van der Waals surface area contributed by atoms with Crippen molar-refractivity contribution in [3.63, 3.8) is 0 Å². The van der Waals surface area contributed by atoms with Gasteiger partial charge in [0.05, 0.1) is 19.1 Å². The predicted molar refractivity (Wildman–Crippen MR) is 56.2 cm³/mol. The molecule has 1 aromatic rings. The number of carbonyl (C=O) groups is 1. The number of hydrogen-bond acceptors (Lipinski definition) is 3. The molecule has 2 rings (SSSR count). The zero-order chi connectivity index (χ0) is 11.7. The minimum Gasteiger partial charge on any atom is -1.00 e. The normalized spacial score (nSPS) is 17.2. The van der Waals surface area contributed by atoms with Crippen LogP contribution in [0.3, 0.4) is 0 Å². The minimum absolute atomic E-state index is 0. The van der Waals surface area contributed by atoms with Crippen molar-refractivity contribution in [1.82, 2.24) is 4.98 Å². The molecule has 6 heteroatoms. The van der Waals surface area contributed by atoms with Gasteiger partial charge in [0, 0.05) is 0 Å². The second-order valence-corrected chi connectivity index (χ2v) is 3.96. The van der Waals surface area contributed by atoms with Crippen LogP contribution in [0.15, 0.2) is 11.0 Å². The van der Waals surface area contributed by atoms with Gasteiger partial charge in [-0.3, -0.25) is 0 Å². The molecule has 0 bridgehead atoms. The van der Waals surface area contributed by atoms with E-state index in [1.54, 1.807) is 13.1 Å². The molecule has 1 aromatic heterocycles. The van der Waals surface area contributed by atoms with Crippen LogP contribution in [0.4, 0.5) is 0 Å². The summed E-state index contributed by atoms with van der Waals surface area (Å²) in [5.74, 6) is 0.323. The molecule has 0 fully saturated rings. The van der Waals surface area contributed by atoms with Crippen LogP contribution in [-0.2, 0) is 11.2 Å². The molecular weight excluding hydrogens is 335 g/mol. The van der Waals surface area contributed by atoms with Crippen molar-refractivity contribution >= 4 is 5.97 Å². The average Bonchev–Trinajstić information content (AvgIpc) is 2.59. The van der Waals surface area contributed by atoms with Crippen LogP contribution in [0.2, 0.25) is 0 Å². The van der Waals surface area contributed by atoms with Crippen molar-refractivity contribution in [3.05, 3.63) is 27.9 Å². The van der Waals surface area contributed by atoms with Crippen molar-refractivity contribution in [2.24, 2.45) is 0 Å². The van der Waals surface area contributed by atoms with Crippen LogP contribution in [0.25, 0.3) is 0 Å². The molecule has 1 aliphatic heterocycles. The molecule has 5 nitrogen and oxygen atoms in total. The number of rotatable bonds is 2. The van der Waals surface area contributed by atoms with Gasteiger partial charge in [0.2, 0.25) is 0 Å². The second kappa shape index (κ2) is 5.61. The molecule has 0 aromatic carbocycles. The number of nitrogens with one attached hydrogen (secondary N) is 1. The molecule has 0 saturated heterocycles. The molecule has 2 heterocycles. The molecule has 1 aliphatic rings. The number of hydrogen-bond donors (Lipinski definition) is 1. The lowest BCUT2D eigenvalue weighted by Gasteiger charge is -2.04. The van der Waals surface area contributed by atoms with Gasteiger partial charge in [-0.25, -0.2) is 19.1 Å². The predicted octanol–water partition coefficient (Wildman–Crippen LogP) is -2.65. The van der Waals surface area contributed by atoms with Gasteiger partial charge in [-0.05, 0) is 20.3 Å². The Balaban J connectivity index is 0.00000144. The number of nitrogens with zero attached hydrogens (tertiary/aromatic N) is 1. The van der Waals surface area contributed by atoms with Crippen LogP contribution in [-0.4, -0.2) is 17.6 Å². The maximum atomic E-state index is 11.6. The second-order valence-electron chi connectivity index (χ2n) is 3.96. The van der Waals surface area contributed by atoms with E-state index < -0.39 is 5.97 Å². The summed E-state index contributed by atoms with van der Waals surface area (Å²) < 4.78 is 6.77. The number of ether oxygens (including phenoxy) is 1. The number of halogens is 1. The van der Waals surface area contributed by atoms with E-state index >= 15 is 0 Å². The Bertz CT molecular complexity index is 484. The number of carbonyl (C=O) groups excluding carboxylic acids is 1. The zero-order valence-electron chi connectivity index (χ0n) is 9.83. The summed E-state index contributed by atoms with van der Waals surface area (Å²) >= 11 is 0. The van der Waals surface area contributed by atoms with Crippen LogP contribution < -0.4 is 34.1 Å². The average molecular weight is 350 g/mol. The SMILES string of the molecule is CCOC(=O)c1c[n+]2c([nH]c1=O)CCC2C.[I-]. The minimum atomic E-state index is -0.557. The van der Waals surface area contributed by atoms with Gasteiger partial charge in [-0.1, -0.05) is 0 Å². The third-order valence-corrected chi connectivity index (χ3v) is 2.85. The smallest absolute Gasteiger partial charge is 0.349 e. The number of esters is 1. The zero-order valence-corrected chi connectivity index (χ0v) is 12.0. The van der Waals surface area contributed by atoms with Gasteiger partial charge >= 0.3 is 11.5 Å². The van der Waals surface area contributed by atoms with Gasteiger partial charge in [0.15, 0.2) is 5.56 Å². The fourth-order valence-corrected chi connectivity index (χ4v) is 1.96. The lowest BCUT2D eigenvalue weighted by molar-refractivity contribution is -0.716. The Hall–Kier alpha value is -0.920. The first-order valence-corrected chi connectivity index (χ1v) is 5.48. The topological polar surface area (TPSA) is 63.0 Å². The fourth-order valence-electron chi connectivity index (χ4n) is 1.96. The lowest BCUT2D eigenvalue weighted by atomic mass is 10.2. The van der Waals surface area contributed by atoms with Gasteiger partial charge in [0.25, 0.3) is 5.82 Å². The Morgan fingerprint density at radius 3 is 3.00 bits per heavy atom. The van der Waals surface area contributed by atoms with Crippen molar-refractivity contribution in [2.45, 2.75) is 32.7 Å². The maximum absolute atomic E-state index is 11.6. The summed E-state index contributed by atoms with van der Waals surface area (Å²) in [5, 5.41) is 0. The molecular formula is C11H15IN2O3. The van der Waals surface area contributed by atoms with E-state index in [1.807, 2.05) is 4.57 Å². The highest BCUT2D eigenvalue weighted by molar-refractivity contribution is 5.88. The van der Waals surface area contributed by atoms with Crippen molar-refractivity contribution in [2.75, 3.05) is 6.61 Å². The molecule has 0 radical (unpaired) electrons. The number of H-pyrrole nitrogens is 1. The van der Waals surface area contributed by atoms with E-state index in [0.717, 1.165) is 18.7 Å². The van der Waals surface area contributed by atoms with E-state index in [2.05, 4.69) is 11.9 Å². The summed E-state index contributed by atoms with van der Waals surface area (Å²) in [6.45, 7) is 4.05. The molecule has 0 saturated carbocycles. The van der Waals surface area contributed by atoms with E-state index in [-0.39, 0.29) is 41.7 Å². The molecule has 1 atom stereocenters. The van der Waals surface area contributed by atoms with Crippen LogP contribution in [0.5, 0.6) is 0 Å². The standard InChI is InChI=1S/C11H14N2O3.HI/c1-3-16-11(15)8-6-13-7(2)4-5-9(13)12-10(8)14;/h6-7H,3-5H2,1-2H3;1H. The number of fused-ring (bicyclic) bond motifs is 1. The maximum Gasteiger partial charge on any atom is 0.349 e. The highest BCUT2D eigenvalue weighted by atomic mass is 127. The van der Waals surface area contributed by atoms with E-state index in [9.17, 15) is 9.59 Å². The highest BCUT2D eigenvalue weighted by Gasteiger charge is 2.28. The van der Waals surface area contributed by atoms with E-state index in [1.165, 1.54) is 0 Å². The summed E-state index contributed by atoms with van der Waals surface area (Å²) in [6, 6.07) is 0.319. The first-order valence-electron chi connectivity index (χ1n) is 5.48. The summed E-state index contributed by atoms with van der Waals surface area (Å²) in [4.78, 5) is 25.9. The third kappa shape index (κ3) is 2.67. The summed E-state index contributed by atoms with van der Waals surface area (Å²) in [7, 11) is 0. The van der Waals surface area contributed by atoms with E-state index in [0.29, 0.717) is 6.04 Å². The first-order chi connectivity index (χ1) is 7.63. The van der Waals surface area contributed by atoms with Crippen molar-refractivity contribution < 1.29 is 38.1 Å². The highest BCUT2D eigenvalue weighted by Crippen LogP contribution is 2.13. The fraction of sp³-hybridized carbons (Fsp3) is 0.545. The Morgan fingerprint density at radius 2 is 2.35 bits per heavy atom. The van der Waals surface area contributed by atoms with Crippen LogP contribution in [0.1, 0.15) is 42.5 Å². The monoisotopic (exact) mass is 350 g/mol. The van der Waals surface area contributed by atoms with E-state index in [4.69, 9.17) is 4.74 Å². The first kappa shape index (κ1) is 14.1. The molecule has 94 valence electrons. The lowest BCUT2D eigenvalue weighted by Crippen LogP contribution is -3.00. The Morgan fingerprint density at radius 1 is 1.65 bits per heavy atom. The molecule has 1 N–H and O–H groups in total. The molecule has 0 spiro atoms. The van der Waals surface area contributed by atoms with Gasteiger partial charge in [-0.2, -0.15) is 0 Å². The number of aromatic nitrogens is 2. The van der Waals surface area contributed by atoms with Crippen LogP contribution >= 0.6 is 0 Å². The Labute approximate surface area is 116 Å². The van der Waals surface area contributed by atoms with Gasteiger partial charge in [0.1, 0.15) is 6.20 Å². The van der Waals surface area contributed by atoms with Gasteiger partial charge in [-0.15, -0.1) is 0 Å². The molecule has 1 unspecified atom stereocenters. The quantitative estimate of drug-likeness (QED) is 0.360. The Kier molecular flexibility index (Phi) is 4.67. The summed E-state index contributed by atoms with van der Waals surface area (Å²) in [6.07, 6.45) is 3.44. The molecule has 17 heavy (non-hydrogen) atoms. The van der Waals surface area contributed by atoms with Gasteiger partial charge < -0.3 is 28.7 Å². The molecule has 0 aliphatic carbocycles. The third-order valence-electron chi connectivity index (χ3n) is 2.85. The molecule has 0 amide bonds. The van der Waals surface area contributed by atoms with Crippen molar-refractivity contribution in [1.29, 1.82) is 0 Å². The van der Waals surface area contributed by atoms with Crippen molar-refractivity contribution in [3.8, 4) is 0 Å².